The number of phenols is 1. The fourth-order valence-corrected chi connectivity index (χ4v) is 0.853. The molecule has 0 fully saturated rings. The van der Waals surface area contributed by atoms with E-state index in [1.807, 2.05) is 6.79 Å². The second-order valence-corrected chi connectivity index (χ2v) is 2.42. The Balaban J connectivity index is 0.000000791. The lowest BCUT2D eigenvalue weighted by Crippen LogP contribution is -2.03. The van der Waals surface area contributed by atoms with E-state index >= 15 is 0 Å². The molecule has 76 valence electrons. The molecule has 0 atom stereocenters. The first-order chi connectivity index (χ1) is 6.72. The molecule has 0 saturated heterocycles. The van der Waals surface area contributed by atoms with Gasteiger partial charge in [0.05, 0.1) is 13.5 Å². The van der Waals surface area contributed by atoms with Crippen molar-refractivity contribution in [2.45, 2.75) is 6.42 Å². The number of carbonyl (C=O) groups excluding carboxylic acids is 2. The van der Waals surface area contributed by atoms with E-state index < -0.39 is 0 Å². The summed E-state index contributed by atoms with van der Waals surface area (Å²) in [6.45, 7) is 2.00. The average Bonchev–Trinajstić information content (AvgIpc) is 2.24. The van der Waals surface area contributed by atoms with Gasteiger partial charge >= 0.3 is 5.97 Å². The lowest BCUT2D eigenvalue weighted by atomic mass is 10.1. The van der Waals surface area contributed by atoms with Crippen LogP contribution in [0.2, 0.25) is 0 Å². The van der Waals surface area contributed by atoms with Crippen molar-refractivity contribution in [3.63, 3.8) is 0 Å². The van der Waals surface area contributed by atoms with Gasteiger partial charge in [0, 0.05) is 0 Å². The van der Waals surface area contributed by atoms with Gasteiger partial charge in [0.1, 0.15) is 12.5 Å². The maximum atomic E-state index is 10.8. The fraction of sp³-hybridized carbons (Fsp3) is 0.200. The summed E-state index contributed by atoms with van der Waals surface area (Å²) in [6, 6.07) is 6.45. The largest absolute Gasteiger partial charge is 0.508 e. The Kier molecular flexibility index (Phi) is 5.78. The second kappa shape index (κ2) is 6.65. The smallest absolute Gasteiger partial charge is 0.309 e. The molecule has 1 N–H and O–H groups in total. The zero-order valence-corrected chi connectivity index (χ0v) is 7.90. The van der Waals surface area contributed by atoms with Crippen LogP contribution in [0.5, 0.6) is 5.75 Å². The van der Waals surface area contributed by atoms with Crippen molar-refractivity contribution in [3.8, 4) is 5.75 Å². The van der Waals surface area contributed by atoms with E-state index in [2.05, 4.69) is 4.74 Å². The second-order valence-electron chi connectivity index (χ2n) is 2.42. The van der Waals surface area contributed by atoms with E-state index in [-0.39, 0.29) is 18.1 Å². The molecular formula is C10H12O4. The Hall–Kier alpha value is -1.84. The van der Waals surface area contributed by atoms with Crippen molar-refractivity contribution in [3.05, 3.63) is 29.8 Å². The topological polar surface area (TPSA) is 63.6 Å². The van der Waals surface area contributed by atoms with E-state index in [0.29, 0.717) is 0 Å². The maximum absolute atomic E-state index is 10.8. The first-order valence-corrected chi connectivity index (χ1v) is 3.86. The van der Waals surface area contributed by atoms with Crippen molar-refractivity contribution >= 4 is 12.8 Å². The molecule has 0 spiro atoms. The van der Waals surface area contributed by atoms with Crippen LogP contribution >= 0.6 is 0 Å². The minimum atomic E-state index is -0.277. The van der Waals surface area contributed by atoms with Gasteiger partial charge in [0.2, 0.25) is 0 Å². The quantitative estimate of drug-likeness (QED) is 0.714. The maximum Gasteiger partial charge on any atom is 0.309 e. The van der Waals surface area contributed by atoms with Gasteiger partial charge in [-0.25, -0.2) is 0 Å². The number of esters is 1. The third kappa shape index (κ3) is 4.25. The zero-order chi connectivity index (χ0) is 11.0. The van der Waals surface area contributed by atoms with E-state index in [1.54, 1.807) is 12.1 Å². The number of benzene rings is 1. The Bertz CT molecular complexity index is 279. The number of carbonyl (C=O) groups is 2. The molecule has 0 saturated carbocycles. The van der Waals surface area contributed by atoms with Crippen molar-refractivity contribution < 1.29 is 19.4 Å². The molecule has 4 nitrogen and oxygen atoms in total. The molecule has 0 aliphatic rings. The third-order valence-corrected chi connectivity index (χ3v) is 1.51. The molecule has 1 aromatic carbocycles. The van der Waals surface area contributed by atoms with Crippen LogP contribution in [0.3, 0.4) is 0 Å². The Morgan fingerprint density at radius 3 is 2.29 bits per heavy atom. The van der Waals surface area contributed by atoms with Crippen LogP contribution in [0.15, 0.2) is 24.3 Å². The summed E-state index contributed by atoms with van der Waals surface area (Å²) in [5.74, 6) is -0.0793. The fourth-order valence-electron chi connectivity index (χ4n) is 0.853. The number of hydrogen-bond acceptors (Lipinski definition) is 4. The third-order valence-electron chi connectivity index (χ3n) is 1.51. The molecule has 0 radical (unpaired) electrons. The SMILES string of the molecule is C=O.COC(=O)Cc1ccc(O)cc1. The van der Waals surface area contributed by atoms with Crippen LogP contribution in [-0.2, 0) is 20.7 Å². The summed E-state index contributed by atoms with van der Waals surface area (Å²) in [4.78, 5) is 18.8. The summed E-state index contributed by atoms with van der Waals surface area (Å²) < 4.78 is 4.48. The van der Waals surface area contributed by atoms with Crippen LogP contribution in [0.25, 0.3) is 0 Å². The number of methoxy groups -OCH3 is 1. The highest BCUT2D eigenvalue weighted by Gasteiger charge is 2.01. The molecule has 14 heavy (non-hydrogen) atoms. The Morgan fingerprint density at radius 1 is 1.36 bits per heavy atom. The van der Waals surface area contributed by atoms with Crippen molar-refractivity contribution in [1.29, 1.82) is 0 Å². The minimum Gasteiger partial charge on any atom is -0.508 e. The van der Waals surface area contributed by atoms with E-state index in [9.17, 15) is 4.79 Å². The normalized spacial score (nSPS) is 8.36. The highest BCUT2D eigenvalue weighted by Crippen LogP contribution is 2.10. The first-order valence-electron chi connectivity index (χ1n) is 3.86. The molecule has 0 aliphatic heterocycles. The van der Waals surface area contributed by atoms with E-state index in [0.717, 1.165) is 5.56 Å². The summed E-state index contributed by atoms with van der Waals surface area (Å²) in [7, 11) is 1.35. The average molecular weight is 196 g/mol. The Morgan fingerprint density at radius 2 is 1.86 bits per heavy atom. The van der Waals surface area contributed by atoms with E-state index in [1.165, 1.54) is 19.2 Å². The molecule has 0 amide bonds. The van der Waals surface area contributed by atoms with Crippen molar-refractivity contribution in [2.24, 2.45) is 0 Å². The van der Waals surface area contributed by atoms with Crippen LogP contribution in [0.4, 0.5) is 0 Å². The number of ether oxygens (including phenoxy) is 1. The molecule has 0 heterocycles. The highest BCUT2D eigenvalue weighted by molar-refractivity contribution is 5.72. The van der Waals surface area contributed by atoms with Gasteiger partial charge in [-0.05, 0) is 17.7 Å². The predicted octanol–water partition coefficient (Wildman–Crippen LogP) is 0.923. The number of rotatable bonds is 2. The van der Waals surface area contributed by atoms with Crippen LogP contribution < -0.4 is 0 Å². The van der Waals surface area contributed by atoms with Crippen molar-refractivity contribution in [1.82, 2.24) is 0 Å². The van der Waals surface area contributed by atoms with Gasteiger partial charge < -0.3 is 14.6 Å². The number of hydrogen-bond donors (Lipinski definition) is 1. The van der Waals surface area contributed by atoms with Crippen LogP contribution in [0, 0.1) is 0 Å². The zero-order valence-electron chi connectivity index (χ0n) is 7.90. The number of phenolic OH excluding ortho intramolecular Hbond substituents is 1. The number of aromatic hydroxyl groups is 1. The van der Waals surface area contributed by atoms with Gasteiger partial charge in [-0.15, -0.1) is 0 Å². The molecular weight excluding hydrogens is 184 g/mol. The lowest BCUT2D eigenvalue weighted by molar-refractivity contribution is -0.139. The monoisotopic (exact) mass is 196 g/mol. The molecule has 1 aromatic rings. The Labute approximate surface area is 82.1 Å². The van der Waals surface area contributed by atoms with Gasteiger partial charge in [-0.3, -0.25) is 4.79 Å². The summed E-state index contributed by atoms with van der Waals surface area (Å²) in [5.41, 5.74) is 0.833. The highest BCUT2D eigenvalue weighted by atomic mass is 16.5. The molecule has 0 unspecified atom stereocenters. The molecule has 1 rings (SSSR count). The van der Waals surface area contributed by atoms with E-state index in [4.69, 9.17) is 9.90 Å². The predicted molar refractivity (Wildman–Crippen MR) is 50.9 cm³/mol. The summed E-state index contributed by atoms with van der Waals surface area (Å²) in [6.07, 6.45) is 0.247. The molecule has 0 aromatic heterocycles. The van der Waals surface area contributed by atoms with Gasteiger partial charge in [0.25, 0.3) is 0 Å². The van der Waals surface area contributed by atoms with Gasteiger partial charge in [-0.2, -0.15) is 0 Å². The molecule has 4 heteroatoms. The first kappa shape index (κ1) is 12.2. The standard InChI is InChI=1S/C9H10O3.CH2O/c1-12-9(11)6-7-2-4-8(10)5-3-7;1-2/h2-5,10H,6H2,1H3;1H2. The summed E-state index contributed by atoms with van der Waals surface area (Å²) >= 11 is 0. The molecule has 0 aliphatic carbocycles. The summed E-state index contributed by atoms with van der Waals surface area (Å²) in [5, 5.41) is 8.93. The van der Waals surface area contributed by atoms with Gasteiger partial charge in [0.15, 0.2) is 0 Å². The minimum absolute atomic E-state index is 0.198. The van der Waals surface area contributed by atoms with Gasteiger partial charge in [-0.1, -0.05) is 12.1 Å². The van der Waals surface area contributed by atoms with Crippen LogP contribution in [0.1, 0.15) is 5.56 Å². The van der Waals surface area contributed by atoms with Crippen LogP contribution in [-0.4, -0.2) is 25.0 Å². The van der Waals surface area contributed by atoms with Crippen molar-refractivity contribution in [2.75, 3.05) is 7.11 Å². The molecule has 0 bridgehead atoms. The lowest BCUT2D eigenvalue weighted by Gasteiger charge is -1.99.